The molecule has 4 amide bonds. The molecule has 2 aromatic rings. The number of nitrogens with zero attached hydrogens (tertiary/aromatic N) is 3. The lowest BCUT2D eigenvalue weighted by atomic mass is 9.74. The Morgan fingerprint density at radius 2 is 1.63 bits per heavy atom. The first kappa shape index (κ1) is 23.3. The van der Waals surface area contributed by atoms with Crippen LogP contribution in [-0.2, 0) is 24.6 Å². The van der Waals surface area contributed by atoms with Crippen molar-refractivity contribution in [3.05, 3.63) is 64.7 Å². The fraction of sp³-hybridized carbons (Fsp3) is 0.429. The van der Waals surface area contributed by atoms with E-state index in [9.17, 15) is 19.2 Å². The SMILES string of the molecule is Cc1cc(C)cc(N2CCN(C(=O)C[C@@]3(c4ccccc4C)CC(=O)N(C4CC4)C3=O)CC2=O)c1. The van der Waals surface area contributed by atoms with Gasteiger partial charge in [-0.2, -0.15) is 0 Å². The Morgan fingerprint density at radius 3 is 2.26 bits per heavy atom. The average molecular weight is 474 g/mol. The molecule has 1 saturated carbocycles. The number of benzene rings is 2. The van der Waals surface area contributed by atoms with E-state index in [1.54, 1.807) is 9.80 Å². The molecule has 0 spiro atoms. The summed E-state index contributed by atoms with van der Waals surface area (Å²) >= 11 is 0. The van der Waals surface area contributed by atoms with E-state index in [2.05, 4.69) is 6.07 Å². The van der Waals surface area contributed by atoms with Crippen LogP contribution in [0, 0.1) is 20.8 Å². The van der Waals surface area contributed by atoms with Crippen molar-refractivity contribution >= 4 is 29.3 Å². The summed E-state index contributed by atoms with van der Waals surface area (Å²) in [6.45, 7) is 6.64. The lowest BCUT2D eigenvalue weighted by Gasteiger charge is -2.36. The van der Waals surface area contributed by atoms with Crippen molar-refractivity contribution in [1.82, 2.24) is 9.80 Å². The van der Waals surface area contributed by atoms with Gasteiger partial charge in [-0.15, -0.1) is 0 Å². The number of imide groups is 1. The number of aryl methyl sites for hydroxylation is 3. The molecule has 0 N–H and O–H groups in total. The quantitative estimate of drug-likeness (QED) is 0.626. The molecule has 2 aromatic carbocycles. The normalized spacial score (nSPS) is 22.8. The summed E-state index contributed by atoms with van der Waals surface area (Å²) in [6.07, 6.45) is 1.53. The van der Waals surface area contributed by atoms with E-state index < -0.39 is 5.41 Å². The molecule has 182 valence electrons. The molecule has 1 aliphatic carbocycles. The predicted octanol–water partition coefficient (Wildman–Crippen LogP) is 3.04. The van der Waals surface area contributed by atoms with Crippen LogP contribution < -0.4 is 4.90 Å². The van der Waals surface area contributed by atoms with Gasteiger partial charge >= 0.3 is 0 Å². The van der Waals surface area contributed by atoms with Crippen molar-refractivity contribution in [3.63, 3.8) is 0 Å². The molecule has 0 bridgehead atoms. The van der Waals surface area contributed by atoms with Crippen LogP contribution in [0.2, 0.25) is 0 Å². The molecule has 0 radical (unpaired) electrons. The fourth-order valence-electron chi connectivity index (χ4n) is 5.65. The van der Waals surface area contributed by atoms with E-state index >= 15 is 0 Å². The van der Waals surface area contributed by atoms with Crippen LogP contribution in [0.25, 0.3) is 0 Å². The highest BCUT2D eigenvalue weighted by Crippen LogP contribution is 2.45. The van der Waals surface area contributed by atoms with Gasteiger partial charge in [0.15, 0.2) is 0 Å². The third-order valence-corrected chi connectivity index (χ3v) is 7.47. The third-order valence-electron chi connectivity index (χ3n) is 7.47. The number of carbonyl (C=O) groups is 4. The van der Waals surface area contributed by atoms with Gasteiger partial charge in [0.2, 0.25) is 23.6 Å². The maximum Gasteiger partial charge on any atom is 0.246 e. The van der Waals surface area contributed by atoms with E-state index in [-0.39, 0.29) is 49.1 Å². The molecule has 3 fully saturated rings. The van der Waals surface area contributed by atoms with Crippen LogP contribution in [0.1, 0.15) is 47.9 Å². The van der Waals surface area contributed by atoms with Crippen LogP contribution in [0.4, 0.5) is 5.69 Å². The van der Waals surface area contributed by atoms with E-state index in [1.165, 1.54) is 4.90 Å². The van der Waals surface area contributed by atoms with Crippen LogP contribution in [-0.4, -0.2) is 59.1 Å². The highest BCUT2D eigenvalue weighted by atomic mass is 16.2. The highest BCUT2D eigenvalue weighted by molar-refractivity contribution is 6.11. The minimum atomic E-state index is -1.21. The maximum atomic E-state index is 13.7. The number of rotatable bonds is 5. The van der Waals surface area contributed by atoms with Crippen molar-refractivity contribution in [2.24, 2.45) is 0 Å². The molecule has 3 aliphatic rings. The molecule has 2 aliphatic heterocycles. The molecule has 1 atom stereocenters. The molecule has 35 heavy (non-hydrogen) atoms. The van der Waals surface area contributed by atoms with Crippen LogP contribution in [0.15, 0.2) is 42.5 Å². The van der Waals surface area contributed by atoms with Crippen LogP contribution >= 0.6 is 0 Å². The summed E-state index contributed by atoms with van der Waals surface area (Å²) < 4.78 is 0. The predicted molar refractivity (Wildman–Crippen MR) is 132 cm³/mol. The number of hydrogen-bond donors (Lipinski definition) is 0. The molecular weight excluding hydrogens is 442 g/mol. The number of amides is 4. The maximum absolute atomic E-state index is 13.7. The molecule has 0 unspecified atom stereocenters. The second-order valence-corrected chi connectivity index (χ2v) is 10.3. The van der Waals surface area contributed by atoms with Crippen molar-refractivity contribution in [3.8, 4) is 0 Å². The zero-order valence-electron chi connectivity index (χ0n) is 20.5. The van der Waals surface area contributed by atoms with Crippen molar-refractivity contribution in [1.29, 1.82) is 0 Å². The Labute approximate surface area is 205 Å². The number of likely N-dealkylation sites (tertiary alicyclic amines) is 1. The van der Waals surface area contributed by atoms with Gasteiger partial charge in [-0.05, 0) is 68.0 Å². The van der Waals surface area contributed by atoms with E-state index in [1.807, 2.05) is 57.2 Å². The summed E-state index contributed by atoms with van der Waals surface area (Å²) in [7, 11) is 0. The first-order valence-electron chi connectivity index (χ1n) is 12.3. The minimum absolute atomic E-state index is 0.00456. The lowest BCUT2D eigenvalue weighted by Crippen LogP contribution is -2.54. The van der Waals surface area contributed by atoms with Gasteiger partial charge < -0.3 is 9.80 Å². The van der Waals surface area contributed by atoms with Gasteiger partial charge in [-0.25, -0.2) is 0 Å². The minimum Gasteiger partial charge on any atom is -0.332 e. The molecule has 5 rings (SSSR count). The Balaban J connectivity index is 1.39. The number of piperazine rings is 1. The molecule has 7 heteroatoms. The summed E-state index contributed by atoms with van der Waals surface area (Å²) in [4.78, 5) is 57.9. The molecule has 2 heterocycles. The lowest BCUT2D eigenvalue weighted by molar-refractivity contribution is -0.144. The van der Waals surface area contributed by atoms with Gasteiger partial charge in [0.05, 0.1) is 5.41 Å². The Kier molecular flexibility index (Phi) is 5.74. The smallest absolute Gasteiger partial charge is 0.246 e. The summed E-state index contributed by atoms with van der Waals surface area (Å²) in [5, 5.41) is 0. The molecule has 0 aromatic heterocycles. The standard InChI is InChI=1S/C28H31N3O4/c1-18-12-19(2)14-22(13-18)30-11-10-29(17-26(30)34)24(32)15-28(23-7-5-4-6-20(23)3)16-25(33)31(27(28)35)21-8-9-21/h4-7,12-14,21H,8-11,15-17H2,1-3H3/t28-/m0/s1. The van der Waals surface area contributed by atoms with E-state index in [0.717, 1.165) is 40.8 Å². The van der Waals surface area contributed by atoms with Crippen molar-refractivity contribution in [2.45, 2.75) is 57.9 Å². The van der Waals surface area contributed by atoms with Crippen LogP contribution in [0.5, 0.6) is 0 Å². The average Bonchev–Trinajstić information content (AvgIpc) is 3.59. The molecular formula is C28H31N3O4. The molecule has 2 saturated heterocycles. The highest BCUT2D eigenvalue weighted by Gasteiger charge is 2.57. The Morgan fingerprint density at radius 1 is 0.943 bits per heavy atom. The van der Waals surface area contributed by atoms with Gasteiger partial charge in [-0.3, -0.25) is 24.1 Å². The number of anilines is 1. The van der Waals surface area contributed by atoms with Crippen LogP contribution in [0.3, 0.4) is 0 Å². The largest absolute Gasteiger partial charge is 0.332 e. The molecule has 7 nitrogen and oxygen atoms in total. The zero-order valence-corrected chi connectivity index (χ0v) is 20.5. The summed E-state index contributed by atoms with van der Waals surface area (Å²) in [5.74, 6) is -0.884. The summed E-state index contributed by atoms with van der Waals surface area (Å²) in [5.41, 5.74) is 3.40. The monoisotopic (exact) mass is 473 g/mol. The van der Waals surface area contributed by atoms with Gasteiger partial charge in [0.1, 0.15) is 6.54 Å². The topological polar surface area (TPSA) is 78.0 Å². The number of carbonyl (C=O) groups excluding carboxylic acids is 4. The Bertz CT molecular complexity index is 1210. The third kappa shape index (κ3) is 4.13. The first-order valence-corrected chi connectivity index (χ1v) is 12.3. The first-order chi connectivity index (χ1) is 16.7. The van der Waals surface area contributed by atoms with Gasteiger partial charge in [-0.1, -0.05) is 30.3 Å². The van der Waals surface area contributed by atoms with Gasteiger partial charge in [0, 0.05) is 37.7 Å². The second kappa shape index (κ2) is 8.63. The summed E-state index contributed by atoms with van der Waals surface area (Å²) in [6, 6.07) is 13.5. The van der Waals surface area contributed by atoms with E-state index in [0.29, 0.717) is 13.1 Å². The van der Waals surface area contributed by atoms with Gasteiger partial charge in [0.25, 0.3) is 0 Å². The van der Waals surface area contributed by atoms with Crippen molar-refractivity contribution in [2.75, 3.05) is 24.5 Å². The second-order valence-electron chi connectivity index (χ2n) is 10.3. The fourth-order valence-corrected chi connectivity index (χ4v) is 5.65. The van der Waals surface area contributed by atoms with Crippen molar-refractivity contribution < 1.29 is 19.2 Å². The Hall–Kier alpha value is -3.48. The van der Waals surface area contributed by atoms with E-state index in [4.69, 9.17) is 0 Å². The number of hydrogen-bond acceptors (Lipinski definition) is 4. The zero-order chi connectivity index (χ0) is 24.9.